The molecule has 3 nitrogen and oxygen atoms in total. The molecule has 0 bridgehead atoms. The molecule has 0 saturated carbocycles. The van der Waals surface area contributed by atoms with Crippen molar-refractivity contribution in [3.8, 4) is 0 Å². The molecular formula is C14H20N2O. The highest BCUT2D eigenvalue weighted by atomic mass is 16.1. The highest BCUT2D eigenvalue weighted by Crippen LogP contribution is 2.37. The molecule has 1 aliphatic carbocycles. The van der Waals surface area contributed by atoms with E-state index < -0.39 is 0 Å². The lowest BCUT2D eigenvalue weighted by Gasteiger charge is -2.29. The zero-order valence-corrected chi connectivity index (χ0v) is 10.9. The first kappa shape index (κ1) is 12.1. The van der Waals surface area contributed by atoms with Crippen molar-refractivity contribution in [3.05, 3.63) is 24.0 Å². The second-order valence-electron chi connectivity index (χ2n) is 5.59. The zero-order valence-electron chi connectivity index (χ0n) is 10.9. The summed E-state index contributed by atoms with van der Waals surface area (Å²) in [5, 5.41) is 4.32. The van der Waals surface area contributed by atoms with E-state index in [1.54, 1.807) is 6.08 Å². The van der Waals surface area contributed by atoms with Gasteiger partial charge in [-0.15, -0.1) is 0 Å². The average Bonchev–Trinajstić information content (AvgIpc) is 2.63. The van der Waals surface area contributed by atoms with Crippen LogP contribution >= 0.6 is 0 Å². The minimum atomic E-state index is 0.0719. The number of carbonyl (C=O) groups is 1. The molecule has 0 saturated heterocycles. The first-order chi connectivity index (χ1) is 8.02. The molecule has 1 aromatic heterocycles. The number of hydrogen-bond donors (Lipinski definition) is 0. The normalized spacial score (nSPS) is 19.2. The number of carbonyl (C=O) groups excluding carboxylic acids is 1. The minimum Gasteiger partial charge on any atom is -0.295 e. The van der Waals surface area contributed by atoms with Crippen LogP contribution < -0.4 is 0 Å². The maximum Gasteiger partial charge on any atom is 0.156 e. The predicted molar refractivity (Wildman–Crippen MR) is 68.5 cm³/mol. The van der Waals surface area contributed by atoms with Gasteiger partial charge in [-0.1, -0.05) is 20.8 Å². The van der Waals surface area contributed by atoms with Gasteiger partial charge < -0.3 is 0 Å². The molecule has 1 aliphatic rings. The summed E-state index contributed by atoms with van der Waals surface area (Å²) < 4.78 is 2.00. The van der Waals surface area contributed by atoms with Crippen LogP contribution in [-0.4, -0.2) is 15.6 Å². The van der Waals surface area contributed by atoms with E-state index in [0.717, 1.165) is 30.7 Å². The van der Waals surface area contributed by atoms with Crippen molar-refractivity contribution in [2.75, 3.05) is 0 Å². The maximum absolute atomic E-state index is 11.7. The Bertz CT molecular complexity index is 455. The third-order valence-corrected chi connectivity index (χ3v) is 3.14. The number of nitrogens with zero attached hydrogens (tertiary/aromatic N) is 2. The van der Waals surface area contributed by atoms with Gasteiger partial charge >= 0.3 is 0 Å². The van der Waals surface area contributed by atoms with Gasteiger partial charge in [0.05, 0.1) is 5.69 Å². The van der Waals surface area contributed by atoms with Gasteiger partial charge in [-0.25, -0.2) is 0 Å². The molecule has 17 heavy (non-hydrogen) atoms. The molecule has 1 heterocycles. The molecule has 0 radical (unpaired) electrons. The first-order valence-corrected chi connectivity index (χ1v) is 6.27. The number of rotatable bonds is 3. The molecule has 92 valence electrons. The molecule has 0 amide bonds. The smallest absolute Gasteiger partial charge is 0.156 e. The zero-order chi connectivity index (χ0) is 12.5. The summed E-state index contributed by atoms with van der Waals surface area (Å²) in [4.78, 5) is 11.7. The predicted octanol–water partition coefficient (Wildman–Crippen LogP) is 3.07. The Hall–Kier alpha value is -1.38. The lowest BCUT2D eigenvalue weighted by atomic mass is 9.76. The van der Waals surface area contributed by atoms with Gasteiger partial charge in [-0.05, 0) is 36.0 Å². The van der Waals surface area contributed by atoms with Gasteiger partial charge in [-0.3, -0.25) is 9.48 Å². The molecule has 0 atom stereocenters. The van der Waals surface area contributed by atoms with Gasteiger partial charge in [-0.2, -0.15) is 5.10 Å². The third kappa shape index (κ3) is 2.65. The largest absolute Gasteiger partial charge is 0.295 e. The standard InChI is InChI=1S/C14H20N2O/c1-4-7-16-13(5-6-15-16)11-8-12(17)10-14(2,3)9-11/h5-6,8H,4,7,9-10H2,1-3H3. The van der Waals surface area contributed by atoms with Crippen LogP contribution in [-0.2, 0) is 11.3 Å². The summed E-state index contributed by atoms with van der Waals surface area (Å²) in [5.41, 5.74) is 2.31. The number of ketones is 1. The van der Waals surface area contributed by atoms with E-state index in [-0.39, 0.29) is 11.2 Å². The summed E-state index contributed by atoms with van der Waals surface area (Å²) >= 11 is 0. The van der Waals surface area contributed by atoms with Crippen LogP contribution in [0, 0.1) is 5.41 Å². The van der Waals surface area contributed by atoms with Crippen molar-refractivity contribution in [1.29, 1.82) is 0 Å². The van der Waals surface area contributed by atoms with Crippen molar-refractivity contribution in [1.82, 2.24) is 9.78 Å². The fraction of sp³-hybridized carbons (Fsp3) is 0.571. The van der Waals surface area contributed by atoms with E-state index in [9.17, 15) is 4.79 Å². The molecule has 0 N–H and O–H groups in total. The fourth-order valence-electron chi connectivity index (χ4n) is 2.51. The molecule has 0 aliphatic heterocycles. The summed E-state index contributed by atoms with van der Waals surface area (Å²) in [7, 11) is 0. The Morgan fingerprint density at radius 2 is 2.18 bits per heavy atom. The minimum absolute atomic E-state index is 0.0719. The van der Waals surface area contributed by atoms with E-state index in [1.807, 2.05) is 16.9 Å². The summed E-state index contributed by atoms with van der Waals surface area (Å²) in [6.45, 7) is 7.35. The second kappa shape index (κ2) is 4.47. The van der Waals surface area contributed by atoms with Crippen LogP contribution in [0.2, 0.25) is 0 Å². The Labute approximate surface area is 103 Å². The quantitative estimate of drug-likeness (QED) is 0.802. The number of aromatic nitrogens is 2. The van der Waals surface area contributed by atoms with Crippen molar-refractivity contribution in [2.24, 2.45) is 5.41 Å². The van der Waals surface area contributed by atoms with E-state index in [4.69, 9.17) is 0 Å². The van der Waals surface area contributed by atoms with Crippen LogP contribution in [0.25, 0.3) is 5.57 Å². The summed E-state index contributed by atoms with van der Waals surface area (Å²) in [5.74, 6) is 0.237. The maximum atomic E-state index is 11.7. The topological polar surface area (TPSA) is 34.9 Å². The van der Waals surface area contributed by atoms with Crippen LogP contribution in [0.5, 0.6) is 0 Å². The highest BCUT2D eigenvalue weighted by molar-refractivity contribution is 5.98. The lowest BCUT2D eigenvalue weighted by molar-refractivity contribution is -0.116. The van der Waals surface area contributed by atoms with Crippen molar-refractivity contribution >= 4 is 11.4 Å². The monoisotopic (exact) mass is 232 g/mol. The number of hydrogen-bond acceptors (Lipinski definition) is 2. The molecule has 0 aromatic carbocycles. The van der Waals surface area contributed by atoms with Gasteiger partial charge in [0.2, 0.25) is 0 Å². The van der Waals surface area contributed by atoms with Gasteiger partial charge in [0.1, 0.15) is 0 Å². The third-order valence-electron chi connectivity index (χ3n) is 3.14. The molecule has 0 spiro atoms. The summed E-state index contributed by atoms with van der Waals surface area (Å²) in [6, 6.07) is 2.01. The van der Waals surface area contributed by atoms with Gasteiger partial charge in [0.15, 0.2) is 5.78 Å². The fourth-order valence-corrected chi connectivity index (χ4v) is 2.51. The van der Waals surface area contributed by atoms with E-state index in [1.165, 1.54) is 0 Å². The van der Waals surface area contributed by atoms with Crippen LogP contribution in [0.1, 0.15) is 45.7 Å². The van der Waals surface area contributed by atoms with Gasteiger partial charge in [0, 0.05) is 19.2 Å². The first-order valence-electron chi connectivity index (χ1n) is 6.27. The molecule has 1 aromatic rings. The van der Waals surface area contributed by atoms with E-state index in [0.29, 0.717) is 6.42 Å². The van der Waals surface area contributed by atoms with Crippen LogP contribution in [0.3, 0.4) is 0 Å². The molecule has 3 heteroatoms. The van der Waals surface area contributed by atoms with Crippen molar-refractivity contribution < 1.29 is 4.79 Å². The van der Waals surface area contributed by atoms with E-state index in [2.05, 4.69) is 25.9 Å². The molecule has 0 unspecified atom stereocenters. The van der Waals surface area contributed by atoms with Crippen molar-refractivity contribution in [3.63, 3.8) is 0 Å². The highest BCUT2D eigenvalue weighted by Gasteiger charge is 2.28. The Morgan fingerprint density at radius 1 is 1.41 bits per heavy atom. The summed E-state index contributed by atoms with van der Waals surface area (Å²) in [6.07, 6.45) is 6.28. The molecule has 2 rings (SSSR count). The molecular weight excluding hydrogens is 212 g/mol. The Morgan fingerprint density at radius 3 is 2.82 bits per heavy atom. The average molecular weight is 232 g/mol. The van der Waals surface area contributed by atoms with Gasteiger partial charge in [0.25, 0.3) is 0 Å². The second-order valence-corrected chi connectivity index (χ2v) is 5.59. The Kier molecular flexibility index (Phi) is 3.18. The van der Waals surface area contributed by atoms with Crippen molar-refractivity contribution in [2.45, 2.75) is 46.6 Å². The van der Waals surface area contributed by atoms with Crippen LogP contribution in [0.15, 0.2) is 18.3 Å². The lowest BCUT2D eigenvalue weighted by Crippen LogP contribution is -2.22. The molecule has 0 fully saturated rings. The van der Waals surface area contributed by atoms with E-state index >= 15 is 0 Å². The Balaban J connectivity index is 2.33. The number of allylic oxidation sites excluding steroid dienone is 2. The number of aryl methyl sites for hydroxylation is 1. The SMILES string of the molecule is CCCn1nccc1C1=CC(=O)CC(C)(C)C1. The van der Waals surface area contributed by atoms with Crippen LogP contribution in [0.4, 0.5) is 0 Å².